The molecule has 0 aromatic rings. The molecule has 60 valence electrons. The molecule has 0 saturated heterocycles. The molecular weight excluding hydrogens is 264 g/mol. The molecule has 4 heteroatoms. The van der Waals surface area contributed by atoms with Crippen LogP contribution in [0.2, 0.25) is 0 Å². The first kappa shape index (κ1) is 10.4. The van der Waals surface area contributed by atoms with Gasteiger partial charge in [-0.25, -0.2) is 0 Å². The lowest BCUT2D eigenvalue weighted by atomic mass is 10.3. The Bertz CT molecular complexity index is 114. The van der Waals surface area contributed by atoms with E-state index in [1.165, 1.54) is 0 Å². The lowest BCUT2D eigenvalue weighted by molar-refractivity contribution is -0.142. The van der Waals surface area contributed by atoms with Crippen LogP contribution >= 0.6 is 31.9 Å². The van der Waals surface area contributed by atoms with E-state index in [9.17, 15) is 4.79 Å². The largest absolute Gasteiger partial charge is 0.465 e. The summed E-state index contributed by atoms with van der Waals surface area (Å²) < 4.78 is 4.75. The number of carbonyl (C=O) groups is 1. The van der Waals surface area contributed by atoms with E-state index in [2.05, 4.69) is 31.9 Å². The number of ether oxygens (including phenoxy) is 1. The Balaban J connectivity index is 3.71. The van der Waals surface area contributed by atoms with E-state index in [1.807, 2.05) is 6.92 Å². The molecule has 0 N–H and O–H groups in total. The fourth-order valence-corrected chi connectivity index (χ4v) is 0.757. The third kappa shape index (κ3) is 3.56. The van der Waals surface area contributed by atoms with Crippen LogP contribution in [0.5, 0.6) is 0 Å². The van der Waals surface area contributed by atoms with E-state index < -0.39 is 0 Å². The van der Waals surface area contributed by atoms with Crippen molar-refractivity contribution < 1.29 is 9.53 Å². The quantitative estimate of drug-likeness (QED) is 0.582. The van der Waals surface area contributed by atoms with Crippen LogP contribution in [0.1, 0.15) is 13.8 Å². The number of esters is 1. The zero-order chi connectivity index (χ0) is 8.15. The highest BCUT2D eigenvalue weighted by molar-refractivity contribution is 9.12. The number of alkyl halides is 2. The summed E-state index contributed by atoms with van der Waals surface area (Å²) in [4.78, 5) is 10.7. The highest BCUT2D eigenvalue weighted by atomic mass is 79.9. The maximum atomic E-state index is 10.9. The fraction of sp³-hybridized carbons (Fsp3) is 0.833. The summed E-state index contributed by atoms with van der Waals surface area (Å²) in [7, 11) is 0. The Morgan fingerprint density at radius 3 is 2.40 bits per heavy atom. The molecule has 0 heterocycles. The summed E-state index contributed by atoms with van der Waals surface area (Å²) in [5, 5.41) is 0. The Hall–Kier alpha value is 0.430. The van der Waals surface area contributed by atoms with Gasteiger partial charge in [-0.05, 0) is 6.92 Å². The molecule has 0 radical (unpaired) electrons. The monoisotopic (exact) mass is 272 g/mol. The molecular formula is C6H10Br2O2. The maximum Gasteiger partial charge on any atom is 0.320 e. The summed E-state index contributed by atoms with van der Waals surface area (Å²) in [6.45, 7) is 4.10. The number of carbonyl (C=O) groups excluding carboxylic acids is 1. The highest BCUT2D eigenvalue weighted by Crippen LogP contribution is 2.14. The highest BCUT2D eigenvalue weighted by Gasteiger charge is 2.20. The van der Waals surface area contributed by atoms with Gasteiger partial charge >= 0.3 is 5.97 Å². The topological polar surface area (TPSA) is 26.3 Å². The molecule has 2 atom stereocenters. The standard InChI is InChI=1S/C6H10Br2O2/c1-3-10-6(9)5(8)4(2)7/h4-5H,3H2,1-2H3/t4-,5+/m1/s1. The SMILES string of the molecule is CCOC(=O)[C@@H](Br)[C@@H](C)Br. The van der Waals surface area contributed by atoms with Gasteiger partial charge < -0.3 is 4.74 Å². The van der Waals surface area contributed by atoms with Gasteiger partial charge in [0.05, 0.1) is 6.61 Å². The average Bonchev–Trinajstić information content (AvgIpc) is 1.87. The Labute approximate surface area is 77.6 Å². The summed E-state index contributed by atoms with van der Waals surface area (Å²) in [5.41, 5.74) is 0. The summed E-state index contributed by atoms with van der Waals surface area (Å²) in [6.07, 6.45) is 0. The third-order valence-corrected chi connectivity index (χ3v) is 3.32. The number of halogens is 2. The van der Waals surface area contributed by atoms with Crippen molar-refractivity contribution in [1.29, 1.82) is 0 Å². The Morgan fingerprint density at radius 2 is 2.10 bits per heavy atom. The molecule has 0 aromatic heterocycles. The van der Waals surface area contributed by atoms with Gasteiger partial charge in [0.25, 0.3) is 0 Å². The van der Waals surface area contributed by atoms with Crippen molar-refractivity contribution >= 4 is 37.8 Å². The predicted molar refractivity (Wildman–Crippen MR) is 47.7 cm³/mol. The van der Waals surface area contributed by atoms with Crippen molar-refractivity contribution in [2.24, 2.45) is 0 Å². The molecule has 0 aromatic carbocycles. The van der Waals surface area contributed by atoms with E-state index in [0.29, 0.717) is 6.61 Å². The summed E-state index contributed by atoms with van der Waals surface area (Å²) in [5.74, 6) is -0.216. The summed E-state index contributed by atoms with van der Waals surface area (Å²) >= 11 is 6.45. The van der Waals surface area contributed by atoms with Crippen molar-refractivity contribution in [3.63, 3.8) is 0 Å². The van der Waals surface area contributed by atoms with Gasteiger partial charge in [-0.15, -0.1) is 0 Å². The molecule has 10 heavy (non-hydrogen) atoms. The van der Waals surface area contributed by atoms with Crippen LogP contribution in [0, 0.1) is 0 Å². The third-order valence-electron chi connectivity index (χ3n) is 0.915. The van der Waals surface area contributed by atoms with Crippen LogP contribution in [0.4, 0.5) is 0 Å². The molecule has 0 fully saturated rings. The lowest BCUT2D eigenvalue weighted by Gasteiger charge is -2.09. The number of rotatable bonds is 3. The van der Waals surface area contributed by atoms with Gasteiger partial charge in [-0.1, -0.05) is 38.8 Å². The first-order valence-corrected chi connectivity index (χ1v) is 4.87. The summed E-state index contributed by atoms with van der Waals surface area (Å²) in [6, 6.07) is 0. The lowest BCUT2D eigenvalue weighted by Crippen LogP contribution is -2.24. The van der Waals surface area contributed by atoms with Crippen molar-refractivity contribution in [2.45, 2.75) is 23.5 Å². The van der Waals surface area contributed by atoms with E-state index in [-0.39, 0.29) is 15.6 Å². The molecule has 0 amide bonds. The second-order valence-electron chi connectivity index (χ2n) is 1.83. The zero-order valence-electron chi connectivity index (χ0n) is 5.93. The fourth-order valence-electron chi connectivity index (χ4n) is 0.409. The van der Waals surface area contributed by atoms with Crippen LogP contribution in [-0.4, -0.2) is 22.2 Å². The van der Waals surface area contributed by atoms with Gasteiger partial charge in [-0.2, -0.15) is 0 Å². The van der Waals surface area contributed by atoms with Crippen LogP contribution in [-0.2, 0) is 9.53 Å². The number of hydrogen-bond acceptors (Lipinski definition) is 2. The molecule has 0 aliphatic carbocycles. The van der Waals surface area contributed by atoms with Crippen molar-refractivity contribution in [3.05, 3.63) is 0 Å². The zero-order valence-corrected chi connectivity index (χ0v) is 9.11. The van der Waals surface area contributed by atoms with Gasteiger partial charge in [0.1, 0.15) is 4.83 Å². The van der Waals surface area contributed by atoms with E-state index >= 15 is 0 Å². The first-order chi connectivity index (χ1) is 4.59. The van der Waals surface area contributed by atoms with E-state index in [0.717, 1.165) is 0 Å². The van der Waals surface area contributed by atoms with Crippen LogP contribution in [0.15, 0.2) is 0 Å². The minimum atomic E-state index is -0.243. The van der Waals surface area contributed by atoms with Gasteiger partial charge in [-0.3, -0.25) is 4.79 Å². The van der Waals surface area contributed by atoms with Crippen molar-refractivity contribution in [3.8, 4) is 0 Å². The van der Waals surface area contributed by atoms with Crippen LogP contribution in [0.3, 0.4) is 0 Å². The molecule has 0 bridgehead atoms. The van der Waals surface area contributed by atoms with Gasteiger partial charge in [0.2, 0.25) is 0 Å². The predicted octanol–water partition coefficient (Wildman–Crippen LogP) is 2.10. The van der Waals surface area contributed by atoms with Gasteiger partial charge in [0.15, 0.2) is 0 Å². The molecule has 0 spiro atoms. The molecule has 0 rings (SSSR count). The van der Waals surface area contributed by atoms with E-state index in [4.69, 9.17) is 4.74 Å². The first-order valence-electron chi connectivity index (χ1n) is 3.04. The minimum absolute atomic E-state index is 0.103. The Morgan fingerprint density at radius 1 is 1.60 bits per heavy atom. The van der Waals surface area contributed by atoms with Gasteiger partial charge in [0, 0.05) is 4.83 Å². The average molecular weight is 274 g/mol. The Kier molecular flexibility index (Phi) is 5.35. The van der Waals surface area contributed by atoms with Crippen LogP contribution in [0.25, 0.3) is 0 Å². The molecule has 0 unspecified atom stereocenters. The smallest absolute Gasteiger partial charge is 0.320 e. The second-order valence-corrected chi connectivity index (χ2v) is 4.26. The van der Waals surface area contributed by atoms with E-state index in [1.54, 1.807) is 6.92 Å². The van der Waals surface area contributed by atoms with Crippen molar-refractivity contribution in [1.82, 2.24) is 0 Å². The van der Waals surface area contributed by atoms with Crippen LogP contribution < -0.4 is 0 Å². The molecule has 0 aliphatic heterocycles. The molecule has 0 aliphatic rings. The molecule has 0 saturated carbocycles. The minimum Gasteiger partial charge on any atom is -0.465 e. The normalized spacial score (nSPS) is 16.0. The van der Waals surface area contributed by atoms with Crippen molar-refractivity contribution in [2.75, 3.05) is 6.61 Å². The number of hydrogen-bond donors (Lipinski definition) is 0. The maximum absolute atomic E-state index is 10.9. The second kappa shape index (κ2) is 5.13. The molecule has 2 nitrogen and oxygen atoms in total.